The van der Waals surface area contributed by atoms with Crippen molar-refractivity contribution in [2.24, 2.45) is 5.41 Å². The van der Waals surface area contributed by atoms with Crippen molar-refractivity contribution in [2.45, 2.75) is 40.7 Å². The summed E-state index contributed by atoms with van der Waals surface area (Å²) in [5.41, 5.74) is 1.51. The largest absolute Gasteiger partial charge is 0.315 e. The van der Waals surface area contributed by atoms with E-state index in [9.17, 15) is 0 Å². The molecule has 0 fully saturated rings. The van der Waals surface area contributed by atoms with Gasteiger partial charge in [0.25, 0.3) is 0 Å². The lowest BCUT2D eigenvalue weighted by molar-refractivity contribution is 0.364. The lowest BCUT2D eigenvalue weighted by atomic mass is 9.92. The fourth-order valence-electron chi connectivity index (χ4n) is 1.37. The molecule has 0 bridgehead atoms. The highest BCUT2D eigenvalue weighted by molar-refractivity contribution is 4.94. The lowest BCUT2D eigenvalue weighted by Crippen LogP contribution is -2.24. The third-order valence-corrected chi connectivity index (χ3v) is 2.34. The third kappa shape index (κ3) is 5.57. The van der Waals surface area contributed by atoms with E-state index in [2.05, 4.69) is 31.2 Å². The van der Waals surface area contributed by atoms with Crippen LogP contribution in [-0.4, -0.2) is 22.9 Å². The summed E-state index contributed by atoms with van der Waals surface area (Å²) in [7, 11) is 0. The zero-order valence-electron chi connectivity index (χ0n) is 10.4. The van der Waals surface area contributed by atoms with Gasteiger partial charge in [-0.2, -0.15) is 5.10 Å². The number of nitrogens with one attached hydrogen (secondary N) is 1. The fourth-order valence-corrected chi connectivity index (χ4v) is 1.37. The Hall–Kier alpha value is -0.830. The molecule has 1 aromatic rings. The maximum absolute atomic E-state index is 4.33. The Morgan fingerprint density at radius 1 is 1.33 bits per heavy atom. The van der Waals surface area contributed by atoms with E-state index in [4.69, 9.17) is 0 Å². The number of hydrogen-bond donors (Lipinski definition) is 1. The molecule has 0 aromatic carbocycles. The first-order chi connectivity index (χ1) is 6.97. The molecule has 0 unspecified atom stereocenters. The molecule has 86 valence electrons. The normalized spacial score (nSPS) is 12.0. The Bertz CT molecular complexity index is 283. The van der Waals surface area contributed by atoms with Crippen LogP contribution in [-0.2, 0) is 6.54 Å². The molecule has 0 saturated heterocycles. The second kappa shape index (κ2) is 5.31. The molecule has 0 atom stereocenters. The van der Waals surface area contributed by atoms with Crippen molar-refractivity contribution in [3.8, 4) is 0 Å². The van der Waals surface area contributed by atoms with Gasteiger partial charge in [0, 0.05) is 12.7 Å². The Morgan fingerprint density at radius 2 is 2.07 bits per heavy atom. The summed E-state index contributed by atoms with van der Waals surface area (Å²) in [6.07, 6.45) is 3.24. The molecule has 0 spiro atoms. The van der Waals surface area contributed by atoms with E-state index in [1.165, 1.54) is 6.42 Å². The maximum atomic E-state index is 4.33. The third-order valence-electron chi connectivity index (χ3n) is 2.34. The van der Waals surface area contributed by atoms with Gasteiger partial charge in [0.1, 0.15) is 0 Å². The number of aryl methyl sites for hydroxylation is 1. The van der Waals surface area contributed by atoms with Gasteiger partial charge in [-0.3, -0.25) is 4.68 Å². The van der Waals surface area contributed by atoms with Crippen molar-refractivity contribution in [2.75, 3.05) is 13.1 Å². The molecule has 15 heavy (non-hydrogen) atoms. The minimum absolute atomic E-state index is 0.426. The second-order valence-electron chi connectivity index (χ2n) is 5.28. The van der Waals surface area contributed by atoms with Crippen molar-refractivity contribution in [3.63, 3.8) is 0 Å². The highest BCUT2D eigenvalue weighted by Crippen LogP contribution is 2.16. The van der Waals surface area contributed by atoms with Gasteiger partial charge in [-0.05, 0) is 31.4 Å². The molecule has 0 aliphatic rings. The van der Waals surface area contributed by atoms with Crippen LogP contribution in [0.5, 0.6) is 0 Å². The van der Waals surface area contributed by atoms with Gasteiger partial charge < -0.3 is 5.32 Å². The topological polar surface area (TPSA) is 29.9 Å². The van der Waals surface area contributed by atoms with Crippen molar-refractivity contribution in [1.82, 2.24) is 15.1 Å². The zero-order chi connectivity index (χ0) is 11.3. The second-order valence-corrected chi connectivity index (χ2v) is 5.28. The van der Waals surface area contributed by atoms with Gasteiger partial charge in [0.2, 0.25) is 0 Å². The molecule has 1 N–H and O–H groups in total. The Morgan fingerprint density at radius 3 is 2.60 bits per heavy atom. The van der Waals surface area contributed by atoms with Crippen LogP contribution in [0.1, 0.15) is 32.9 Å². The molecule has 1 rings (SSSR count). The smallest absolute Gasteiger partial charge is 0.0593 e. The number of aromatic nitrogens is 2. The van der Waals surface area contributed by atoms with E-state index < -0.39 is 0 Å². The predicted molar refractivity (Wildman–Crippen MR) is 63.9 cm³/mol. The monoisotopic (exact) mass is 209 g/mol. The first-order valence-electron chi connectivity index (χ1n) is 5.68. The lowest BCUT2D eigenvalue weighted by Gasteiger charge is -2.17. The van der Waals surface area contributed by atoms with Crippen molar-refractivity contribution < 1.29 is 0 Å². The van der Waals surface area contributed by atoms with Crippen LogP contribution in [0.2, 0.25) is 0 Å². The summed E-state index contributed by atoms with van der Waals surface area (Å²) in [6, 6.07) is 2.04. The van der Waals surface area contributed by atoms with Gasteiger partial charge >= 0.3 is 0 Å². The highest BCUT2D eigenvalue weighted by atomic mass is 15.3. The van der Waals surface area contributed by atoms with Crippen LogP contribution >= 0.6 is 0 Å². The van der Waals surface area contributed by atoms with Crippen LogP contribution in [0.4, 0.5) is 0 Å². The highest BCUT2D eigenvalue weighted by Gasteiger charge is 2.08. The molecule has 0 saturated carbocycles. The molecule has 1 heterocycles. The van der Waals surface area contributed by atoms with Gasteiger partial charge in [0.05, 0.1) is 12.2 Å². The van der Waals surface area contributed by atoms with E-state index in [1.807, 2.05) is 23.9 Å². The van der Waals surface area contributed by atoms with Crippen molar-refractivity contribution >= 4 is 0 Å². The van der Waals surface area contributed by atoms with E-state index in [-0.39, 0.29) is 0 Å². The summed E-state index contributed by atoms with van der Waals surface area (Å²) in [4.78, 5) is 0. The molecular formula is C12H23N3. The van der Waals surface area contributed by atoms with Crippen LogP contribution in [0, 0.1) is 12.3 Å². The zero-order valence-corrected chi connectivity index (χ0v) is 10.4. The van der Waals surface area contributed by atoms with E-state index in [0.717, 1.165) is 25.3 Å². The standard InChI is InChI=1S/C12H23N3/c1-11-5-9-15(14-11)10-8-13-7-6-12(2,3)4/h5,9,13H,6-8,10H2,1-4H3. The van der Waals surface area contributed by atoms with Gasteiger partial charge in [-0.25, -0.2) is 0 Å². The average molecular weight is 209 g/mol. The Kier molecular flexibility index (Phi) is 4.33. The molecule has 3 heteroatoms. The molecule has 3 nitrogen and oxygen atoms in total. The van der Waals surface area contributed by atoms with E-state index >= 15 is 0 Å². The van der Waals surface area contributed by atoms with Gasteiger partial charge in [0.15, 0.2) is 0 Å². The molecule has 0 radical (unpaired) electrons. The van der Waals surface area contributed by atoms with E-state index in [0.29, 0.717) is 5.41 Å². The summed E-state index contributed by atoms with van der Waals surface area (Å²) in [5.74, 6) is 0. The SMILES string of the molecule is Cc1ccn(CCNCCC(C)(C)C)n1. The van der Waals surface area contributed by atoms with Crippen LogP contribution in [0.15, 0.2) is 12.3 Å². The summed E-state index contributed by atoms with van der Waals surface area (Å²) >= 11 is 0. The minimum atomic E-state index is 0.426. The van der Waals surface area contributed by atoms with Crippen molar-refractivity contribution in [3.05, 3.63) is 18.0 Å². The van der Waals surface area contributed by atoms with Gasteiger partial charge in [-0.15, -0.1) is 0 Å². The quantitative estimate of drug-likeness (QED) is 0.754. The molecule has 0 amide bonds. The number of rotatable bonds is 5. The predicted octanol–water partition coefficient (Wildman–Crippen LogP) is 2.22. The summed E-state index contributed by atoms with van der Waals surface area (Å²) in [5, 5.41) is 7.77. The van der Waals surface area contributed by atoms with Crippen molar-refractivity contribution in [1.29, 1.82) is 0 Å². The summed E-state index contributed by atoms with van der Waals surface area (Å²) in [6.45, 7) is 11.9. The molecule has 0 aliphatic carbocycles. The van der Waals surface area contributed by atoms with Crippen LogP contribution < -0.4 is 5.32 Å². The number of nitrogens with zero attached hydrogens (tertiary/aromatic N) is 2. The Balaban J connectivity index is 2.07. The molecular weight excluding hydrogens is 186 g/mol. The van der Waals surface area contributed by atoms with E-state index in [1.54, 1.807) is 0 Å². The fraction of sp³-hybridized carbons (Fsp3) is 0.750. The van der Waals surface area contributed by atoms with Gasteiger partial charge in [-0.1, -0.05) is 20.8 Å². The number of hydrogen-bond acceptors (Lipinski definition) is 2. The summed E-state index contributed by atoms with van der Waals surface area (Å²) < 4.78 is 1.99. The Labute approximate surface area is 92.9 Å². The van der Waals surface area contributed by atoms with Crippen LogP contribution in [0.25, 0.3) is 0 Å². The molecule has 0 aliphatic heterocycles. The van der Waals surface area contributed by atoms with Crippen LogP contribution in [0.3, 0.4) is 0 Å². The minimum Gasteiger partial charge on any atom is -0.315 e. The first kappa shape index (κ1) is 12.2. The average Bonchev–Trinajstić information content (AvgIpc) is 2.49. The molecule has 1 aromatic heterocycles. The maximum Gasteiger partial charge on any atom is 0.0593 e. The first-order valence-corrected chi connectivity index (χ1v) is 5.68.